The van der Waals surface area contributed by atoms with E-state index in [1.807, 2.05) is 0 Å². The van der Waals surface area contributed by atoms with Gasteiger partial charge in [-0.3, -0.25) is 0 Å². The minimum Gasteiger partial charge on any atom is -0.411 e. The summed E-state index contributed by atoms with van der Waals surface area (Å²) in [6.07, 6.45) is 13.3. The molecule has 0 aliphatic heterocycles. The van der Waals surface area contributed by atoms with E-state index < -0.39 is 0 Å². The van der Waals surface area contributed by atoms with Crippen LogP contribution in [0.1, 0.15) is 57.8 Å². The molecule has 88 valence electrons. The van der Waals surface area contributed by atoms with Crippen molar-refractivity contribution in [1.82, 2.24) is 0 Å². The molecule has 4 heteroatoms. The predicted molar refractivity (Wildman–Crippen MR) is 62.1 cm³/mol. The molecule has 0 unspecified atom stereocenters. The first kappa shape index (κ1) is 13.9. The Morgan fingerprint density at radius 2 is 0.933 bits per heavy atom. The van der Waals surface area contributed by atoms with Crippen LogP contribution in [0.25, 0.3) is 0 Å². The average Bonchev–Trinajstić information content (AvgIpc) is 2.26. The highest BCUT2D eigenvalue weighted by molar-refractivity contribution is 5.56. The van der Waals surface area contributed by atoms with Crippen LogP contribution in [0.15, 0.2) is 10.3 Å². The number of oxime groups is 2. The molecule has 0 aromatic rings. The maximum Gasteiger partial charge on any atom is 0.0435 e. The molecule has 0 aliphatic rings. The van der Waals surface area contributed by atoms with E-state index in [-0.39, 0.29) is 0 Å². The monoisotopic (exact) mass is 214 g/mol. The Kier molecular flexibility index (Phi) is 12.0. The lowest BCUT2D eigenvalue weighted by Crippen LogP contribution is -1.83. The van der Waals surface area contributed by atoms with Crippen LogP contribution >= 0.6 is 0 Å². The molecule has 0 spiro atoms. The summed E-state index contributed by atoms with van der Waals surface area (Å²) in [6, 6.07) is 0. The van der Waals surface area contributed by atoms with E-state index in [1.165, 1.54) is 32.1 Å². The van der Waals surface area contributed by atoms with Crippen LogP contribution < -0.4 is 0 Å². The Bertz CT molecular complexity index is 152. The van der Waals surface area contributed by atoms with Crippen molar-refractivity contribution in [2.45, 2.75) is 57.8 Å². The highest BCUT2D eigenvalue weighted by Gasteiger charge is 1.91. The fourth-order valence-corrected chi connectivity index (χ4v) is 1.47. The largest absolute Gasteiger partial charge is 0.411 e. The minimum atomic E-state index is 0.878. The van der Waals surface area contributed by atoms with Crippen molar-refractivity contribution >= 4 is 12.4 Å². The molecule has 15 heavy (non-hydrogen) atoms. The van der Waals surface area contributed by atoms with E-state index in [1.54, 1.807) is 12.4 Å². The van der Waals surface area contributed by atoms with Crippen LogP contribution in [0.3, 0.4) is 0 Å². The summed E-state index contributed by atoms with van der Waals surface area (Å²) < 4.78 is 0. The molecule has 4 nitrogen and oxygen atoms in total. The minimum absolute atomic E-state index is 0.878. The van der Waals surface area contributed by atoms with Crippen LogP contribution in [0, 0.1) is 0 Å². The molecule has 0 bridgehead atoms. The molecule has 0 saturated heterocycles. The molecule has 0 amide bonds. The number of hydrogen-bond acceptors (Lipinski definition) is 4. The van der Waals surface area contributed by atoms with Crippen molar-refractivity contribution < 1.29 is 10.4 Å². The van der Waals surface area contributed by atoms with Crippen LogP contribution in [0.5, 0.6) is 0 Å². The fourth-order valence-electron chi connectivity index (χ4n) is 1.47. The molecular formula is C11H22N2O2. The second-order valence-electron chi connectivity index (χ2n) is 3.65. The van der Waals surface area contributed by atoms with Gasteiger partial charge in [0.1, 0.15) is 0 Å². The lowest BCUT2D eigenvalue weighted by atomic mass is 10.1. The number of nitrogens with zero attached hydrogens (tertiary/aromatic N) is 2. The smallest absolute Gasteiger partial charge is 0.0435 e. The standard InChI is InChI=1S/C11H22N2O2/c14-12-10-8-6-4-2-1-3-5-7-9-11-13-15/h10-11,14-15H,1-9H2. The van der Waals surface area contributed by atoms with Crippen molar-refractivity contribution in [1.29, 1.82) is 0 Å². The van der Waals surface area contributed by atoms with Crippen LogP contribution in [-0.4, -0.2) is 22.8 Å². The van der Waals surface area contributed by atoms with E-state index in [0.717, 1.165) is 25.7 Å². The molecule has 0 atom stereocenters. The quantitative estimate of drug-likeness (QED) is 0.253. The summed E-state index contributed by atoms with van der Waals surface area (Å²) in [4.78, 5) is 0. The van der Waals surface area contributed by atoms with Gasteiger partial charge < -0.3 is 10.4 Å². The summed E-state index contributed by atoms with van der Waals surface area (Å²) in [7, 11) is 0. The Morgan fingerprint density at radius 3 is 1.27 bits per heavy atom. The normalized spacial score (nSPS) is 11.7. The maximum absolute atomic E-state index is 8.15. The molecule has 2 N–H and O–H groups in total. The van der Waals surface area contributed by atoms with Gasteiger partial charge in [0.15, 0.2) is 0 Å². The van der Waals surface area contributed by atoms with Gasteiger partial charge in [-0.2, -0.15) is 0 Å². The van der Waals surface area contributed by atoms with E-state index in [9.17, 15) is 0 Å². The second-order valence-corrected chi connectivity index (χ2v) is 3.65. The highest BCUT2D eigenvalue weighted by atomic mass is 16.4. The number of unbranched alkanes of at least 4 members (excludes halogenated alkanes) is 8. The van der Waals surface area contributed by atoms with Gasteiger partial charge in [0.05, 0.1) is 0 Å². The van der Waals surface area contributed by atoms with E-state index in [4.69, 9.17) is 10.4 Å². The van der Waals surface area contributed by atoms with Gasteiger partial charge in [-0.15, -0.1) is 10.3 Å². The fraction of sp³-hybridized carbons (Fsp3) is 0.818. The third kappa shape index (κ3) is 12.9. The third-order valence-corrected chi connectivity index (χ3v) is 2.33. The molecule has 0 aliphatic carbocycles. The SMILES string of the molecule is ON=CCCCCCCCCCC=NO. The van der Waals surface area contributed by atoms with Crippen molar-refractivity contribution in [3.8, 4) is 0 Å². The number of hydrogen-bond donors (Lipinski definition) is 2. The first-order chi connectivity index (χ1) is 7.41. The summed E-state index contributed by atoms with van der Waals surface area (Å²) >= 11 is 0. The van der Waals surface area contributed by atoms with Crippen molar-refractivity contribution in [2.75, 3.05) is 0 Å². The van der Waals surface area contributed by atoms with Gasteiger partial charge in [-0.05, 0) is 25.7 Å². The van der Waals surface area contributed by atoms with E-state index in [0.29, 0.717) is 0 Å². The van der Waals surface area contributed by atoms with Gasteiger partial charge >= 0.3 is 0 Å². The topological polar surface area (TPSA) is 65.2 Å². The molecule has 0 saturated carbocycles. The van der Waals surface area contributed by atoms with Crippen LogP contribution in [-0.2, 0) is 0 Å². The second kappa shape index (κ2) is 12.9. The zero-order valence-electron chi connectivity index (χ0n) is 9.31. The third-order valence-electron chi connectivity index (χ3n) is 2.33. The van der Waals surface area contributed by atoms with E-state index >= 15 is 0 Å². The van der Waals surface area contributed by atoms with E-state index in [2.05, 4.69) is 10.3 Å². The Hall–Kier alpha value is -1.06. The zero-order chi connectivity index (χ0) is 11.2. The van der Waals surface area contributed by atoms with Crippen molar-refractivity contribution in [3.05, 3.63) is 0 Å². The molecule has 0 heterocycles. The molecule has 0 radical (unpaired) electrons. The number of rotatable bonds is 10. The van der Waals surface area contributed by atoms with Gasteiger partial charge in [0.25, 0.3) is 0 Å². The van der Waals surface area contributed by atoms with Crippen molar-refractivity contribution in [2.24, 2.45) is 10.3 Å². The zero-order valence-corrected chi connectivity index (χ0v) is 9.31. The average molecular weight is 214 g/mol. The molecule has 0 fully saturated rings. The van der Waals surface area contributed by atoms with Gasteiger partial charge in [0, 0.05) is 12.4 Å². The Balaban J connectivity index is 2.92. The lowest BCUT2D eigenvalue weighted by Gasteiger charge is -1.99. The van der Waals surface area contributed by atoms with Crippen LogP contribution in [0.2, 0.25) is 0 Å². The summed E-state index contributed by atoms with van der Waals surface area (Å²) in [5.74, 6) is 0. The Morgan fingerprint density at radius 1 is 0.600 bits per heavy atom. The molecule has 0 aromatic carbocycles. The van der Waals surface area contributed by atoms with Gasteiger partial charge in [0.2, 0.25) is 0 Å². The molecular weight excluding hydrogens is 192 g/mol. The predicted octanol–water partition coefficient (Wildman–Crippen LogP) is 3.42. The summed E-state index contributed by atoms with van der Waals surface area (Å²) in [5, 5.41) is 22.2. The molecule has 0 aromatic heterocycles. The van der Waals surface area contributed by atoms with Gasteiger partial charge in [-0.1, -0.05) is 32.1 Å². The van der Waals surface area contributed by atoms with Crippen molar-refractivity contribution in [3.63, 3.8) is 0 Å². The molecule has 0 rings (SSSR count). The first-order valence-corrected chi connectivity index (χ1v) is 5.73. The van der Waals surface area contributed by atoms with Crippen LogP contribution in [0.4, 0.5) is 0 Å². The highest BCUT2D eigenvalue weighted by Crippen LogP contribution is 2.08. The summed E-state index contributed by atoms with van der Waals surface area (Å²) in [6.45, 7) is 0. The summed E-state index contributed by atoms with van der Waals surface area (Å²) in [5.41, 5.74) is 0. The maximum atomic E-state index is 8.15. The van der Waals surface area contributed by atoms with Gasteiger partial charge in [-0.25, -0.2) is 0 Å². The lowest BCUT2D eigenvalue weighted by molar-refractivity contribution is 0.320. The first-order valence-electron chi connectivity index (χ1n) is 5.73. The Labute approximate surface area is 91.7 Å².